The summed E-state index contributed by atoms with van der Waals surface area (Å²) in [5.41, 5.74) is 1.94. The second-order valence-electron chi connectivity index (χ2n) is 9.30. The van der Waals surface area contributed by atoms with Crippen molar-refractivity contribution in [3.63, 3.8) is 0 Å². The first-order valence-electron chi connectivity index (χ1n) is 11.0. The molecule has 0 aromatic heterocycles. The van der Waals surface area contributed by atoms with E-state index < -0.39 is 0 Å². The van der Waals surface area contributed by atoms with Gasteiger partial charge in [0.05, 0.1) is 17.5 Å². The van der Waals surface area contributed by atoms with Crippen LogP contribution in [0.2, 0.25) is 0 Å². The van der Waals surface area contributed by atoms with Gasteiger partial charge in [-0.3, -0.25) is 19.2 Å². The zero-order chi connectivity index (χ0) is 22.1. The van der Waals surface area contributed by atoms with Gasteiger partial charge in [0.2, 0.25) is 11.8 Å². The lowest BCUT2D eigenvalue weighted by Crippen LogP contribution is -2.40. The Morgan fingerprint density at radius 3 is 2.09 bits per heavy atom. The van der Waals surface area contributed by atoms with Crippen LogP contribution in [0.15, 0.2) is 60.7 Å². The number of benzene rings is 2. The highest BCUT2D eigenvalue weighted by molar-refractivity contribution is 6.23. The molecule has 6 heteroatoms. The van der Waals surface area contributed by atoms with Crippen LogP contribution in [0.1, 0.15) is 34.1 Å². The van der Waals surface area contributed by atoms with Crippen LogP contribution in [-0.2, 0) is 9.59 Å². The molecule has 6 unspecified atom stereocenters. The minimum atomic E-state index is -0.345. The third kappa shape index (κ3) is 2.72. The molecule has 2 aromatic rings. The third-order valence-corrected chi connectivity index (χ3v) is 7.58. The van der Waals surface area contributed by atoms with Crippen molar-refractivity contribution in [2.45, 2.75) is 13.3 Å². The van der Waals surface area contributed by atoms with E-state index in [1.54, 1.807) is 48.5 Å². The fourth-order valence-electron chi connectivity index (χ4n) is 5.99. The normalized spacial score (nSPS) is 31.3. The summed E-state index contributed by atoms with van der Waals surface area (Å²) < 4.78 is 0. The number of hydrogen-bond acceptors (Lipinski definition) is 4. The van der Waals surface area contributed by atoms with Gasteiger partial charge in [-0.25, -0.2) is 4.90 Å². The Bertz CT molecular complexity index is 1180. The number of hydrogen-bond donors (Lipinski definition) is 1. The molecule has 1 N–H and O–H groups in total. The first-order chi connectivity index (χ1) is 15.4. The molecule has 32 heavy (non-hydrogen) atoms. The van der Waals surface area contributed by atoms with Gasteiger partial charge in [0.1, 0.15) is 0 Å². The number of nitrogens with one attached hydrogen (secondary N) is 1. The zero-order valence-corrected chi connectivity index (χ0v) is 17.5. The number of carbonyl (C=O) groups excluding carboxylic acids is 4. The summed E-state index contributed by atoms with van der Waals surface area (Å²) in [5.74, 6) is 0.242. The first kappa shape index (κ1) is 19.2. The molecule has 2 bridgehead atoms. The highest BCUT2D eigenvalue weighted by Gasteiger charge is 2.67. The molecular weight excluding hydrogens is 404 g/mol. The summed E-state index contributed by atoms with van der Waals surface area (Å²) >= 11 is 0. The van der Waals surface area contributed by atoms with Crippen LogP contribution in [0.4, 0.5) is 11.4 Å². The molecule has 2 aromatic carbocycles. The predicted octanol–water partition coefficient (Wildman–Crippen LogP) is 3.70. The second-order valence-corrected chi connectivity index (χ2v) is 9.30. The summed E-state index contributed by atoms with van der Waals surface area (Å²) in [5, 5.41) is 2.80. The van der Waals surface area contributed by atoms with Crippen molar-refractivity contribution in [3.8, 4) is 0 Å². The van der Waals surface area contributed by atoms with Crippen molar-refractivity contribution in [1.82, 2.24) is 0 Å². The van der Waals surface area contributed by atoms with Gasteiger partial charge in [-0.2, -0.15) is 0 Å². The molecule has 6 atom stereocenters. The van der Waals surface area contributed by atoms with E-state index in [2.05, 4.69) is 17.5 Å². The van der Waals surface area contributed by atoms with Crippen LogP contribution in [0, 0.1) is 35.5 Å². The number of rotatable bonds is 4. The number of Topliss-reactive ketones (excluding diaryl/α,β-unsaturated/α-hetero) is 1. The molecule has 6 nitrogen and oxygen atoms in total. The van der Waals surface area contributed by atoms with Gasteiger partial charge in [-0.1, -0.05) is 18.2 Å². The smallest absolute Gasteiger partial charge is 0.255 e. The zero-order valence-electron chi connectivity index (χ0n) is 17.5. The Labute approximate surface area is 185 Å². The van der Waals surface area contributed by atoms with Gasteiger partial charge in [-0.15, -0.1) is 0 Å². The number of ketones is 1. The van der Waals surface area contributed by atoms with Gasteiger partial charge >= 0.3 is 0 Å². The van der Waals surface area contributed by atoms with E-state index in [9.17, 15) is 19.2 Å². The summed E-state index contributed by atoms with van der Waals surface area (Å²) in [7, 11) is 0. The average molecular weight is 426 g/mol. The van der Waals surface area contributed by atoms with Crippen LogP contribution in [0.3, 0.4) is 0 Å². The van der Waals surface area contributed by atoms with Crippen molar-refractivity contribution in [1.29, 1.82) is 0 Å². The molecule has 4 aliphatic carbocycles. The van der Waals surface area contributed by atoms with Gasteiger partial charge < -0.3 is 5.32 Å². The summed E-state index contributed by atoms with van der Waals surface area (Å²) in [4.78, 5) is 52.1. The standard InChI is InChI=1S/C26H22N2O4/c1-13(29)14-5-7-16(8-6-14)27-24(30)15-3-2-4-17(11-15)28-25(31)22-18-9-10-19(21-12-20(18)21)23(22)26(28)32/h2-11,18-23H,12H2,1H3,(H,27,30). The Morgan fingerprint density at radius 1 is 0.875 bits per heavy atom. The molecule has 2 saturated carbocycles. The molecule has 3 amide bonds. The number of allylic oxidation sites excluding steroid dienone is 2. The van der Waals surface area contributed by atoms with Crippen LogP contribution < -0.4 is 10.2 Å². The Balaban J connectivity index is 1.25. The third-order valence-electron chi connectivity index (χ3n) is 7.58. The largest absolute Gasteiger partial charge is 0.322 e. The van der Waals surface area contributed by atoms with Crippen molar-refractivity contribution < 1.29 is 19.2 Å². The van der Waals surface area contributed by atoms with Crippen LogP contribution in [0.5, 0.6) is 0 Å². The fourth-order valence-corrected chi connectivity index (χ4v) is 5.99. The molecular formula is C26H22N2O4. The van der Waals surface area contributed by atoms with Crippen LogP contribution in [-0.4, -0.2) is 23.5 Å². The van der Waals surface area contributed by atoms with E-state index >= 15 is 0 Å². The molecule has 1 saturated heterocycles. The van der Waals surface area contributed by atoms with Crippen molar-refractivity contribution in [3.05, 3.63) is 71.8 Å². The minimum absolute atomic E-state index is 0.0444. The van der Waals surface area contributed by atoms with Gasteiger partial charge in [0.25, 0.3) is 5.91 Å². The van der Waals surface area contributed by atoms with E-state index in [1.807, 2.05) is 0 Å². The highest BCUT2D eigenvalue weighted by atomic mass is 16.2. The topological polar surface area (TPSA) is 83.6 Å². The molecule has 3 fully saturated rings. The molecule has 1 aliphatic heterocycles. The highest BCUT2D eigenvalue weighted by Crippen LogP contribution is 2.65. The van der Waals surface area contributed by atoms with Gasteiger partial charge in [0.15, 0.2) is 5.78 Å². The first-order valence-corrected chi connectivity index (χ1v) is 11.0. The van der Waals surface area contributed by atoms with E-state index in [4.69, 9.17) is 0 Å². The molecule has 1 heterocycles. The monoisotopic (exact) mass is 426 g/mol. The fraction of sp³-hybridized carbons (Fsp3) is 0.308. The van der Waals surface area contributed by atoms with E-state index in [1.165, 1.54) is 11.8 Å². The maximum absolute atomic E-state index is 13.3. The summed E-state index contributed by atoms with van der Waals surface area (Å²) in [6.45, 7) is 1.49. The van der Waals surface area contributed by atoms with E-state index in [-0.39, 0.29) is 47.2 Å². The molecule has 160 valence electrons. The Kier molecular flexibility index (Phi) is 4.03. The second kappa shape index (κ2) is 6.73. The quantitative estimate of drug-likeness (QED) is 0.459. The van der Waals surface area contributed by atoms with E-state index in [0.29, 0.717) is 34.3 Å². The van der Waals surface area contributed by atoms with Gasteiger partial charge in [-0.05, 0) is 79.5 Å². The van der Waals surface area contributed by atoms with Crippen molar-refractivity contribution >= 4 is 34.9 Å². The molecule has 0 spiro atoms. The lowest BCUT2D eigenvalue weighted by Gasteiger charge is -2.37. The van der Waals surface area contributed by atoms with Crippen molar-refractivity contribution in [2.24, 2.45) is 35.5 Å². The molecule has 5 aliphatic rings. The summed E-state index contributed by atoms with van der Waals surface area (Å²) in [6.07, 6.45) is 5.42. The molecule has 7 rings (SSSR count). The minimum Gasteiger partial charge on any atom is -0.322 e. The number of imide groups is 1. The van der Waals surface area contributed by atoms with Crippen molar-refractivity contribution in [2.75, 3.05) is 10.2 Å². The van der Waals surface area contributed by atoms with E-state index in [0.717, 1.165) is 6.42 Å². The predicted molar refractivity (Wildman–Crippen MR) is 118 cm³/mol. The number of nitrogens with zero attached hydrogens (tertiary/aromatic N) is 1. The number of amides is 3. The lowest BCUT2D eigenvalue weighted by atomic mass is 9.63. The van der Waals surface area contributed by atoms with Crippen LogP contribution >= 0.6 is 0 Å². The number of carbonyl (C=O) groups is 4. The average Bonchev–Trinajstić information content (AvgIpc) is 3.57. The maximum Gasteiger partial charge on any atom is 0.255 e. The lowest BCUT2D eigenvalue weighted by molar-refractivity contribution is -0.124. The maximum atomic E-state index is 13.3. The number of anilines is 2. The summed E-state index contributed by atoms with van der Waals surface area (Å²) in [6, 6.07) is 13.3. The molecule has 0 radical (unpaired) electrons. The van der Waals surface area contributed by atoms with Crippen LogP contribution in [0.25, 0.3) is 0 Å². The van der Waals surface area contributed by atoms with Gasteiger partial charge in [0, 0.05) is 16.8 Å². The SMILES string of the molecule is CC(=O)c1ccc(NC(=O)c2cccc(N3C(=O)C4C5C=CC(C6CC56)C4C3=O)c2)cc1. The Hall–Kier alpha value is -3.54. The Morgan fingerprint density at radius 2 is 1.50 bits per heavy atom.